The topological polar surface area (TPSA) is 20.3 Å². The maximum Gasteiger partial charge on any atom is 0.163 e. The van der Waals surface area contributed by atoms with Gasteiger partial charge in [0.2, 0.25) is 0 Å². The zero-order valence-corrected chi connectivity index (χ0v) is 12.4. The van der Waals surface area contributed by atoms with Gasteiger partial charge < -0.3 is 4.90 Å². The minimum atomic E-state index is 0.305. The second-order valence-corrected chi connectivity index (χ2v) is 6.09. The van der Waals surface area contributed by atoms with E-state index in [0.29, 0.717) is 24.2 Å². The summed E-state index contributed by atoms with van der Waals surface area (Å²) in [5, 5.41) is 0. The number of benzene rings is 1. The van der Waals surface area contributed by atoms with E-state index in [2.05, 4.69) is 18.7 Å². The highest BCUT2D eigenvalue weighted by Gasteiger charge is 2.23. The van der Waals surface area contributed by atoms with Crippen LogP contribution in [0.5, 0.6) is 0 Å². The first kappa shape index (κ1) is 14.3. The maximum atomic E-state index is 12.3. The molecule has 0 aliphatic carbocycles. The van der Waals surface area contributed by atoms with Crippen molar-refractivity contribution in [2.75, 3.05) is 13.1 Å². The zero-order valence-electron chi connectivity index (χ0n) is 12.4. The van der Waals surface area contributed by atoms with Crippen molar-refractivity contribution >= 4 is 5.78 Å². The quantitative estimate of drug-likeness (QED) is 0.769. The summed E-state index contributed by atoms with van der Waals surface area (Å²) in [5.41, 5.74) is 2.04. The number of piperidine rings is 1. The number of hydrogen-bond acceptors (Lipinski definition) is 2. The van der Waals surface area contributed by atoms with E-state index < -0.39 is 0 Å². The molecule has 0 bridgehead atoms. The summed E-state index contributed by atoms with van der Waals surface area (Å²) >= 11 is 0. The molecule has 0 saturated carbocycles. The fraction of sp³-hybridized carbons (Fsp3) is 0.588. The van der Waals surface area contributed by atoms with Crippen molar-refractivity contribution in [1.29, 1.82) is 0 Å². The van der Waals surface area contributed by atoms with Gasteiger partial charge in [0.05, 0.1) is 0 Å². The Morgan fingerprint density at radius 1 is 1.42 bits per heavy atom. The largest absolute Gasteiger partial charge is 0.301 e. The first-order chi connectivity index (χ1) is 9.06. The average molecular weight is 259 g/mol. The van der Waals surface area contributed by atoms with Crippen LogP contribution in [0.3, 0.4) is 0 Å². The van der Waals surface area contributed by atoms with Gasteiger partial charge in [-0.1, -0.05) is 23.8 Å². The van der Waals surface area contributed by atoms with E-state index in [1.54, 1.807) is 0 Å². The SMILES string of the molecule is Cc1cccc(C(=O)C[C@@H]2CCCN(C(C)C)C2)c1. The molecule has 0 amide bonds. The third-order valence-corrected chi connectivity index (χ3v) is 4.09. The highest BCUT2D eigenvalue weighted by Crippen LogP contribution is 2.23. The van der Waals surface area contributed by atoms with Gasteiger partial charge in [0.1, 0.15) is 0 Å². The Morgan fingerprint density at radius 3 is 2.89 bits per heavy atom. The number of Topliss-reactive ketones (excluding diaryl/α,β-unsaturated/α-hetero) is 1. The first-order valence-electron chi connectivity index (χ1n) is 7.40. The van der Waals surface area contributed by atoms with Crippen LogP contribution in [0, 0.1) is 12.8 Å². The summed E-state index contributed by atoms with van der Waals surface area (Å²) in [5.74, 6) is 0.837. The molecule has 1 aliphatic heterocycles. The predicted molar refractivity (Wildman–Crippen MR) is 79.6 cm³/mol. The first-order valence-corrected chi connectivity index (χ1v) is 7.40. The third kappa shape index (κ3) is 3.90. The number of ketones is 1. The molecule has 0 unspecified atom stereocenters. The van der Waals surface area contributed by atoms with Crippen molar-refractivity contribution in [3.63, 3.8) is 0 Å². The number of carbonyl (C=O) groups is 1. The predicted octanol–water partition coefficient (Wildman–Crippen LogP) is 3.69. The summed E-state index contributed by atoms with van der Waals surface area (Å²) in [6.07, 6.45) is 3.12. The molecular formula is C17H25NO. The van der Waals surface area contributed by atoms with Crippen LogP contribution in [0.4, 0.5) is 0 Å². The molecule has 1 aromatic carbocycles. The molecule has 2 nitrogen and oxygen atoms in total. The lowest BCUT2D eigenvalue weighted by Crippen LogP contribution is -2.40. The molecule has 1 fully saturated rings. The van der Waals surface area contributed by atoms with Gasteiger partial charge in [0.25, 0.3) is 0 Å². The summed E-state index contributed by atoms with van der Waals surface area (Å²) in [6, 6.07) is 8.56. The summed E-state index contributed by atoms with van der Waals surface area (Å²) in [6.45, 7) is 8.79. The lowest BCUT2D eigenvalue weighted by Gasteiger charge is -2.35. The molecule has 1 heterocycles. The fourth-order valence-corrected chi connectivity index (χ4v) is 2.93. The van der Waals surface area contributed by atoms with Crippen molar-refractivity contribution in [3.05, 3.63) is 35.4 Å². The van der Waals surface area contributed by atoms with Crippen molar-refractivity contribution in [2.45, 2.75) is 46.1 Å². The van der Waals surface area contributed by atoms with Crippen LogP contribution in [-0.2, 0) is 0 Å². The molecule has 19 heavy (non-hydrogen) atoms. The minimum Gasteiger partial charge on any atom is -0.301 e. The van der Waals surface area contributed by atoms with Crippen molar-refractivity contribution in [1.82, 2.24) is 4.90 Å². The number of nitrogens with zero attached hydrogens (tertiary/aromatic N) is 1. The molecule has 104 valence electrons. The van der Waals surface area contributed by atoms with Crippen LogP contribution in [0.15, 0.2) is 24.3 Å². The molecule has 1 aliphatic rings. The highest BCUT2D eigenvalue weighted by molar-refractivity contribution is 5.96. The molecule has 0 spiro atoms. The van der Waals surface area contributed by atoms with Crippen LogP contribution in [0.25, 0.3) is 0 Å². The van der Waals surface area contributed by atoms with E-state index in [1.807, 2.05) is 31.2 Å². The molecule has 0 aromatic heterocycles. The van der Waals surface area contributed by atoms with Gasteiger partial charge in [-0.05, 0) is 52.1 Å². The van der Waals surface area contributed by atoms with E-state index >= 15 is 0 Å². The minimum absolute atomic E-state index is 0.305. The van der Waals surface area contributed by atoms with E-state index in [-0.39, 0.29) is 0 Å². The standard InChI is InChI=1S/C17H25NO/c1-13(2)18-9-5-7-15(12-18)11-17(19)16-8-4-6-14(3)10-16/h4,6,8,10,13,15H,5,7,9,11-12H2,1-3H3/t15-/m0/s1. The zero-order chi connectivity index (χ0) is 13.8. The second kappa shape index (κ2) is 6.33. The van der Waals surface area contributed by atoms with E-state index in [0.717, 1.165) is 12.1 Å². The van der Waals surface area contributed by atoms with Gasteiger partial charge >= 0.3 is 0 Å². The molecule has 0 N–H and O–H groups in total. The van der Waals surface area contributed by atoms with Crippen LogP contribution in [-0.4, -0.2) is 29.8 Å². The molecule has 1 aromatic rings. The Hall–Kier alpha value is -1.15. The summed E-state index contributed by atoms with van der Waals surface area (Å²) < 4.78 is 0. The maximum absolute atomic E-state index is 12.3. The Morgan fingerprint density at radius 2 is 2.21 bits per heavy atom. The van der Waals surface area contributed by atoms with Gasteiger partial charge in [0, 0.05) is 24.6 Å². The van der Waals surface area contributed by atoms with Crippen LogP contribution in [0.2, 0.25) is 0 Å². The van der Waals surface area contributed by atoms with Crippen LogP contribution in [0.1, 0.15) is 49.0 Å². The second-order valence-electron chi connectivity index (χ2n) is 6.09. The fourth-order valence-electron chi connectivity index (χ4n) is 2.93. The number of carbonyl (C=O) groups excluding carboxylic acids is 1. The lowest BCUT2D eigenvalue weighted by atomic mass is 9.90. The Kier molecular flexibility index (Phi) is 4.76. The smallest absolute Gasteiger partial charge is 0.163 e. The third-order valence-electron chi connectivity index (χ3n) is 4.09. The number of aryl methyl sites for hydroxylation is 1. The summed E-state index contributed by atoms with van der Waals surface area (Å²) in [4.78, 5) is 14.8. The lowest BCUT2D eigenvalue weighted by molar-refractivity contribution is 0.0890. The Labute approximate surface area is 116 Å². The number of likely N-dealkylation sites (tertiary alicyclic amines) is 1. The van der Waals surface area contributed by atoms with Crippen LogP contribution >= 0.6 is 0 Å². The van der Waals surface area contributed by atoms with Gasteiger partial charge in [-0.15, -0.1) is 0 Å². The molecule has 1 atom stereocenters. The van der Waals surface area contributed by atoms with Gasteiger partial charge in [0.15, 0.2) is 5.78 Å². The number of hydrogen-bond donors (Lipinski definition) is 0. The summed E-state index contributed by atoms with van der Waals surface area (Å²) in [7, 11) is 0. The normalized spacial score (nSPS) is 20.7. The molecule has 1 saturated heterocycles. The average Bonchev–Trinajstić information content (AvgIpc) is 2.39. The molecule has 2 heteroatoms. The molecule has 0 radical (unpaired) electrons. The van der Waals surface area contributed by atoms with Gasteiger partial charge in [-0.3, -0.25) is 4.79 Å². The molecular weight excluding hydrogens is 234 g/mol. The Balaban J connectivity index is 1.95. The monoisotopic (exact) mass is 259 g/mol. The molecule has 2 rings (SSSR count). The Bertz CT molecular complexity index is 439. The number of rotatable bonds is 4. The van der Waals surface area contributed by atoms with E-state index in [9.17, 15) is 4.79 Å². The van der Waals surface area contributed by atoms with Gasteiger partial charge in [-0.2, -0.15) is 0 Å². The van der Waals surface area contributed by atoms with Crippen molar-refractivity contribution < 1.29 is 4.79 Å². The van der Waals surface area contributed by atoms with E-state index in [1.165, 1.54) is 24.9 Å². The van der Waals surface area contributed by atoms with Crippen molar-refractivity contribution in [3.8, 4) is 0 Å². The van der Waals surface area contributed by atoms with E-state index in [4.69, 9.17) is 0 Å². The highest BCUT2D eigenvalue weighted by atomic mass is 16.1. The van der Waals surface area contributed by atoms with Crippen molar-refractivity contribution in [2.24, 2.45) is 5.92 Å². The van der Waals surface area contributed by atoms with Gasteiger partial charge in [-0.25, -0.2) is 0 Å². The van der Waals surface area contributed by atoms with Crippen LogP contribution < -0.4 is 0 Å².